The van der Waals surface area contributed by atoms with Crippen LogP contribution in [-0.2, 0) is 0 Å². The van der Waals surface area contributed by atoms with Crippen molar-refractivity contribution >= 4 is 0 Å². The first-order valence-corrected chi connectivity index (χ1v) is 16.3. The number of ether oxygens (including phenoxy) is 2. The topological polar surface area (TPSA) is 71.9 Å². The third-order valence-electron chi connectivity index (χ3n) is 9.64. The van der Waals surface area contributed by atoms with Crippen molar-refractivity contribution in [2.75, 3.05) is 78.7 Å². The Morgan fingerprint density at radius 3 is 1.25 bits per heavy atom. The summed E-state index contributed by atoms with van der Waals surface area (Å²) in [4.78, 5) is 10.1. The molecule has 2 aliphatic heterocycles. The van der Waals surface area contributed by atoms with Crippen LogP contribution in [0.4, 0.5) is 0 Å². The predicted molar refractivity (Wildman–Crippen MR) is 159 cm³/mol. The number of nitrogens with zero attached hydrogens (tertiary/aromatic N) is 4. The molecule has 0 aromatic heterocycles. The van der Waals surface area contributed by atoms with Crippen LogP contribution >= 0.6 is 0 Å². The molecular weight excluding hydrogens is 504 g/mol. The van der Waals surface area contributed by atoms with Crippen molar-refractivity contribution in [3.8, 4) is 11.5 Å². The molecule has 226 valence electrons. The average Bonchev–Trinajstić information content (AvgIpc) is 3.01. The van der Waals surface area contributed by atoms with E-state index in [9.17, 15) is 10.2 Å². The average molecular weight is 559 g/mol. The van der Waals surface area contributed by atoms with Gasteiger partial charge in [-0.15, -0.1) is 0 Å². The zero-order chi connectivity index (χ0) is 27.6. The molecule has 8 heteroatoms. The van der Waals surface area contributed by atoms with Gasteiger partial charge in [0, 0.05) is 77.5 Å². The molecule has 8 nitrogen and oxygen atoms in total. The van der Waals surface area contributed by atoms with Crippen molar-refractivity contribution in [1.82, 2.24) is 19.6 Å². The van der Waals surface area contributed by atoms with Crippen LogP contribution in [0.15, 0.2) is 24.3 Å². The van der Waals surface area contributed by atoms with E-state index in [2.05, 4.69) is 19.6 Å². The molecule has 2 saturated carbocycles. The van der Waals surface area contributed by atoms with Crippen molar-refractivity contribution in [3.05, 3.63) is 24.3 Å². The minimum absolute atomic E-state index is 0.287. The van der Waals surface area contributed by atoms with E-state index >= 15 is 0 Å². The number of rotatable bonds is 12. The van der Waals surface area contributed by atoms with Crippen molar-refractivity contribution in [3.63, 3.8) is 0 Å². The number of aliphatic hydroxyl groups excluding tert-OH is 2. The maximum atomic E-state index is 10.6. The summed E-state index contributed by atoms with van der Waals surface area (Å²) in [7, 11) is 0. The second-order valence-corrected chi connectivity index (χ2v) is 12.7. The highest BCUT2D eigenvalue weighted by Gasteiger charge is 2.27. The summed E-state index contributed by atoms with van der Waals surface area (Å²) in [6.45, 7) is 10.5. The monoisotopic (exact) mass is 558 g/mol. The van der Waals surface area contributed by atoms with E-state index in [4.69, 9.17) is 9.47 Å². The molecule has 40 heavy (non-hydrogen) atoms. The summed E-state index contributed by atoms with van der Waals surface area (Å²) in [5, 5.41) is 21.1. The summed E-state index contributed by atoms with van der Waals surface area (Å²) in [6, 6.07) is 9.07. The molecule has 4 fully saturated rings. The molecular formula is C32H54N4O4. The Balaban J connectivity index is 0.928. The van der Waals surface area contributed by atoms with Gasteiger partial charge < -0.3 is 19.7 Å². The van der Waals surface area contributed by atoms with E-state index in [1.165, 1.54) is 64.2 Å². The van der Waals surface area contributed by atoms with Gasteiger partial charge in [0.05, 0.1) is 0 Å². The van der Waals surface area contributed by atoms with Gasteiger partial charge >= 0.3 is 0 Å². The summed E-state index contributed by atoms with van der Waals surface area (Å²) in [5.74, 6) is 1.45. The molecule has 2 aliphatic carbocycles. The molecule has 2 N–H and O–H groups in total. The van der Waals surface area contributed by atoms with Crippen LogP contribution in [0, 0.1) is 0 Å². The lowest BCUT2D eigenvalue weighted by molar-refractivity contribution is 0.0305. The van der Waals surface area contributed by atoms with Crippen LogP contribution in [0.5, 0.6) is 11.5 Å². The van der Waals surface area contributed by atoms with Gasteiger partial charge in [-0.2, -0.15) is 0 Å². The van der Waals surface area contributed by atoms with Crippen LogP contribution < -0.4 is 9.47 Å². The second-order valence-electron chi connectivity index (χ2n) is 12.7. The van der Waals surface area contributed by atoms with E-state index in [0.29, 0.717) is 13.1 Å². The van der Waals surface area contributed by atoms with Gasteiger partial charge in [-0.05, 0) is 49.9 Å². The van der Waals surface area contributed by atoms with E-state index in [1.807, 2.05) is 24.3 Å². The lowest BCUT2D eigenvalue weighted by Crippen LogP contribution is -2.52. The van der Waals surface area contributed by atoms with E-state index < -0.39 is 12.2 Å². The van der Waals surface area contributed by atoms with Crippen molar-refractivity contribution in [2.45, 2.75) is 88.5 Å². The molecule has 0 amide bonds. The Kier molecular flexibility index (Phi) is 11.8. The molecule has 0 radical (unpaired) electrons. The minimum Gasteiger partial charge on any atom is -0.491 e. The van der Waals surface area contributed by atoms with Gasteiger partial charge in [-0.1, -0.05) is 38.5 Å². The lowest BCUT2D eigenvalue weighted by Gasteiger charge is -2.41. The highest BCUT2D eigenvalue weighted by molar-refractivity contribution is 5.31. The summed E-state index contributed by atoms with van der Waals surface area (Å²) >= 11 is 0. The molecule has 0 unspecified atom stereocenters. The zero-order valence-corrected chi connectivity index (χ0v) is 24.7. The Bertz CT molecular complexity index is 761. The van der Waals surface area contributed by atoms with E-state index in [0.717, 1.165) is 75.9 Å². The highest BCUT2D eigenvalue weighted by Crippen LogP contribution is 2.25. The normalized spacial score (nSPS) is 25.1. The fourth-order valence-corrected chi connectivity index (χ4v) is 7.23. The van der Waals surface area contributed by atoms with E-state index in [1.54, 1.807) is 0 Å². The molecule has 1 aromatic carbocycles. The quantitative estimate of drug-likeness (QED) is 0.406. The zero-order valence-electron chi connectivity index (χ0n) is 24.7. The van der Waals surface area contributed by atoms with Gasteiger partial charge in [0.1, 0.15) is 36.9 Å². The van der Waals surface area contributed by atoms with Crippen LogP contribution in [0.1, 0.15) is 64.2 Å². The molecule has 2 saturated heterocycles. The van der Waals surface area contributed by atoms with Gasteiger partial charge in [-0.25, -0.2) is 0 Å². The maximum absolute atomic E-state index is 10.6. The molecule has 2 heterocycles. The van der Waals surface area contributed by atoms with Crippen molar-refractivity contribution < 1.29 is 19.7 Å². The molecule has 5 rings (SSSR count). The molecule has 1 aromatic rings. The summed E-state index contributed by atoms with van der Waals surface area (Å²) in [5.41, 5.74) is 0. The number of hydrogen-bond acceptors (Lipinski definition) is 8. The Morgan fingerprint density at radius 2 is 0.900 bits per heavy atom. The number of hydrogen-bond donors (Lipinski definition) is 2. The van der Waals surface area contributed by atoms with Crippen LogP contribution in [0.25, 0.3) is 0 Å². The highest BCUT2D eigenvalue weighted by atomic mass is 16.5. The third kappa shape index (κ3) is 9.30. The van der Waals surface area contributed by atoms with Crippen LogP contribution in [0.2, 0.25) is 0 Å². The van der Waals surface area contributed by atoms with Gasteiger partial charge in [0.15, 0.2) is 0 Å². The fourth-order valence-electron chi connectivity index (χ4n) is 7.23. The number of β-amino-alcohol motifs (C(OH)–C–C–N with tert-alkyl or cyclic N) is 2. The summed E-state index contributed by atoms with van der Waals surface area (Å²) in [6.07, 6.45) is 12.8. The second kappa shape index (κ2) is 15.7. The first-order valence-electron chi connectivity index (χ1n) is 16.3. The fraction of sp³-hybridized carbons (Fsp3) is 0.812. The van der Waals surface area contributed by atoms with Crippen LogP contribution in [0.3, 0.4) is 0 Å². The van der Waals surface area contributed by atoms with Crippen molar-refractivity contribution in [2.24, 2.45) is 0 Å². The van der Waals surface area contributed by atoms with Crippen molar-refractivity contribution in [1.29, 1.82) is 0 Å². The summed E-state index contributed by atoms with van der Waals surface area (Å²) < 4.78 is 11.7. The number of benzene rings is 1. The first kappa shape index (κ1) is 30.1. The smallest absolute Gasteiger partial charge is 0.119 e. The number of piperazine rings is 2. The largest absolute Gasteiger partial charge is 0.491 e. The molecule has 0 spiro atoms. The molecule has 0 bridgehead atoms. The SMILES string of the molecule is O[C@H](COc1ccc(OC[C@@H](O)CN2CCN(C3CCCCC3)CC2)cc1)CN1CCN(C2CCCCC2)CC1. The van der Waals surface area contributed by atoms with Gasteiger partial charge in [0.25, 0.3) is 0 Å². The van der Waals surface area contributed by atoms with Crippen LogP contribution in [-0.4, -0.2) is 133 Å². The maximum Gasteiger partial charge on any atom is 0.119 e. The minimum atomic E-state index is -0.503. The molecule has 4 aliphatic rings. The third-order valence-corrected chi connectivity index (χ3v) is 9.64. The predicted octanol–water partition coefficient (Wildman–Crippen LogP) is 3.07. The number of aliphatic hydroxyl groups is 2. The van der Waals surface area contributed by atoms with Gasteiger partial charge in [0.2, 0.25) is 0 Å². The Morgan fingerprint density at radius 1 is 0.550 bits per heavy atom. The molecule has 2 atom stereocenters. The Hall–Kier alpha value is -1.42. The van der Waals surface area contributed by atoms with Gasteiger partial charge in [-0.3, -0.25) is 19.6 Å². The lowest BCUT2D eigenvalue weighted by atomic mass is 9.94. The Labute approximate surface area is 242 Å². The van der Waals surface area contributed by atoms with E-state index in [-0.39, 0.29) is 13.2 Å². The first-order chi connectivity index (χ1) is 19.6. The standard InChI is InChI=1S/C32H54N4O4/c37-29(23-33-15-19-35(20-16-33)27-7-3-1-4-8-27)25-39-31-11-13-32(14-12-31)40-26-30(38)24-34-17-21-36(22-18-34)28-9-5-2-6-10-28/h11-14,27-30,37-38H,1-10,15-26H2/t29-,30-/m0/s1.